The number of anilines is 2. The van der Waals surface area contributed by atoms with E-state index in [1.165, 1.54) is 0 Å². The molecule has 50 heavy (non-hydrogen) atoms. The average molecular weight is 701 g/mol. The lowest BCUT2D eigenvalue weighted by atomic mass is 9.56. The highest BCUT2D eigenvalue weighted by Gasteiger charge is 2.56. The normalized spacial score (nSPS) is 29.4. The first-order chi connectivity index (χ1) is 23.9. The van der Waals surface area contributed by atoms with Gasteiger partial charge in [0.1, 0.15) is 17.9 Å². The van der Waals surface area contributed by atoms with Crippen LogP contribution in [0.25, 0.3) is 0 Å². The molecule has 4 heterocycles. The van der Waals surface area contributed by atoms with Gasteiger partial charge in [-0.2, -0.15) is 13.2 Å². The molecular formula is C36H47F3N6O5. The van der Waals surface area contributed by atoms with Crippen LogP contribution in [-0.4, -0.2) is 91.4 Å². The smallest absolute Gasteiger partial charge is 0.434 e. The third kappa shape index (κ3) is 6.43. The number of carbonyl (C=O) groups excluding carboxylic acids is 2. The standard InChI is InChI=1S/C36H47F3N6O5/c1-22-15-24-17-23(2)35(32(40)47,25(16-22)18-24)43-31(46)27-20-41-33(42-30(27)36(37,38)39)45-21-34(5-10-48-11-6-34)28-19-26(3-4-29(28)45)50-14-9-44-7-12-49-13-8-44/h3-4,19-20,22-25H,5-18,21H2,1-2H3,(H2,40,47)(H,43,46). The van der Waals surface area contributed by atoms with Crippen molar-refractivity contribution < 1.29 is 37.0 Å². The number of carbonyl (C=O) groups is 2. The number of morpholine rings is 1. The first kappa shape index (κ1) is 34.9. The molecule has 0 radical (unpaired) electrons. The van der Waals surface area contributed by atoms with Gasteiger partial charge < -0.3 is 30.2 Å². The summed E-state index contributed by atoms with van der Waals surface area (Å²) in [5, 5.41) is 2.74. The first-order valence-corrected chi connectivity index (χ1v) is 17.9. The summed E-state index contributed by atoms with van der Waals surface area (Å²) in [5.41, 5.74) is 3.69. The Balaban J connectivity index is 1.18. The van der Waals surface area contributed by atoms with Crippen LogP contribution in [0.5, 0.6) is 5.75 Å². The molecule has 14 heteroatoms. The molecule has 1 aromatic heterocycles. The largest absolute Gasteiger partial charge is 0.492 e. The Bertz CT molecular complexity index is 1590. The Labute approximate surface area is 290 Å². The molecule has 4 fully saturated rings. The van der Waals surface area contributed by atoms with E-state index in [9.17, 15) is 22.8 Å². The molecule has 3 N–H and O–H groups in total. The Kier molecular flexibility index (Phi) is 9.48. The molecule has 5 aliphatic rings. The van der Waals surface area contributed by atoms with Crippen molar-refractivity contribution >= 4 is 23.5 Å². The van der Waals surface area contributed by atoms with Gasteiger partial charge in [0.05, 0.1) is 18.8 Å². The summed E-state index contributed by atoms with van der Waals surface area (Å²) in [4.78, 5) is 39.3. The number of nitrogens with two attached hydrogens (primary N) is 1. The van der Waals surface area contributed by atoms with Crippen LogP contribution in [-0.2, 0) is 25.9 Å². The van der Waals surface area contributed by atoms with Gasteiger partial charge in [0.2, 0.25) is 11.9 Å². The van der Waals surface area contributed by atoms with Gasteiger partial charge >= 0.3 is 6.18 Å². The molecule has 2 aromatic rings. The number of fused-ring (bicyclic) bond motifs is 4. The number of nitrogens with zero attached hydrogens (tertiary/aromatic N) is 4. The van der Waals surface area contributed by atoms with Crippen LogP contribution >= 0.6 is 0 Å². The lowest BCUT2D eigenvalue weighted by Crippen LogP contribution is -2.68. The molecule has 2 saturated heterocycles. The second-order valence-electron chi connectivity index (χ2n) is 15.1. The van der Waals surface area contributed by atoms with Gasteiger partial charge in [0.25, 0.3) is 5.91 Å². The summed E-state index contributed by atoms with van der Waals surface area (Å²) >= 11 is 0. The van der Waals surface area contributed by atoms with Gasteiger partial charge in [-0.05, 0) is 86.0 Å². The molecule has 2 bridgehead atoms. The number of amides is 2. The van der Waals surface area contributed by atoms with Gasteiger partial charge in [0.15, 0.2) is 5.69 Å². The highest BCUT2D eigenvalue weighted by atomic mass is 19.4. The number of halogens is 3. The quantitative estimate of drug-likeness (QED) is 0.410. The number of benzene rings is 1. The van der Waals surface area contributed by atoms with E-state index < -0.39 is 40.2 Å². The fraction of sp³-hybridized carbons (Fsp3) is 0.667. The Morgan fingerprint density at radius 2 is 1.80 bits per heavy atom. The molecule has 7 rings (SSSR count). The molecule has 1 spiro atoms. The number of hydrogen-bond acceptors (Lipinski definition) is 9. The summed E-state index contributed by atoms with van der Waals surface area (Å²) < 4.78 is 61.6. The van der Waals surface area contributed by atoms with Gasteiger partial charge in [0, 0.05) is 56.7 Å². The number of aromatic nitrogens is 2. The number of hydrogen-bond donors (Lipinski definition) is 2. The highest BCUT2D eigenvalue weighted by molar-refractivity contribution is 6.00. The summed E-state index contributed by atoms with van der Waals surface area (Å²) in [7, 11) is 0. The minimum absolute atomic E-state index is 0.154. The zero-order valence-corrected chi connectivity index (χ0v) is 28.8. The molecular weight excluding hydrogens is 653 g/mol. The maximum atomic E-state index is 14.8. The zero-order chi connectivity index (χ0) is 35.3. The molecule has 5 unspecified atom stereocenters. The van der Waals surface area contributed by atoms with Crippen molar-refractivity contribution in [3.8, 4) is 5.75 Å². The fourth-order valence-electron chi connectivity index (χ4n) is 9.49. The van der Waals surface area contributed by atoms with Crippen molar-refractivity contribution in [3.63, 3.8) is 0 Å². The van der Waals surface area contributed by atoms with Crippen LogP contribution in [0, 0.1) is 23.7 Å². The summed E-state index contributed by atoms with van der Waals surface area (Å²) in [6, 6.07) is 5.65. The van der Waals surface area contributed by atoms with E-state index in [0.29, 0.717) is 95.0 Å². The Morgan fingerprint density at radius 1 is 1.06 bits per heavy atom. The van der Waals surface area contributed by atoms with Gasteiger partial charge in [-0.15, -0.1) is 0 Å². The van der Waals surface area contributed by atoms with E-state index in [-0.39, 0.29) is 17.8 Å². The second kappa shape index (κ2) is 13.6. The highest BCUT2D eigenvalue weighted by Crippen LogP contribution is 2.52. The molecule has 2 amide bonds. The van der Waals surface area contributed by atoms with E-state index in [0.717, 1.165) is 37.8 Å². The minimum Gasteiger partial charge on any atom is -0.492 e. The molecule has 5 atom stereocenters. The van der Waals surface area contributed by atoms with Crippen molar-refractivity contribution in [1.82, 2.24) is 20.2 Å². The van der Waals surface area contributed by atoms with Gasteiger partial charge in [-0.25, -0.2) is 9.97 Å². The number of primary amides is 1. The molecule has 272 valence electrons. The van der Waals surface area contributed by atoms with Crippen LogP contribution in [0.4, 0.5) is 24.8 Å². The number of nitrogens with one attached hydrogen (secondary N) is 1. The van der Waals surface area contributed by atoms with Crippen molar-refractivity contribution in [2.45, 2.75) is 69.5 Å². The molecule has 3 aliphatic heterocycles. The van der Waals surface area contributed by atoms with Crippen LogP contribution in [0.15, 0.2) is 24.4 Å². The SMILES string of the molecule is CC1CC2CC(C)C(NC(=O)c3cnc(N4CC5(CCOCC5)c5cc(OCCN6CCOCC6)ccc54)nc3C(F)(F)F)(C(N)=O)C(C1)C2. The lowest BCUT2D eigenvalue weighted by molar-refractivity contribution is -0.141. The number of rotatable bonds is 8. The van der Waals surface area contributed by atoms with Crippen LogP contribution in [0.2, 0.25) is 0 Å². The van der Waals surface area contributed by atoms with Crippen molar-refractivity contribution in [1.29, 1.82) is 0 Å². The summed E-state index contributed by atoms with van der Waals surface area (Å²) in [6.07, 6.45) is 0.357. The molecule has 2 aliphatic carbocycles. The molecule has 11 nitrogen and oxygen atoms in total. The van der Waals surface area contributed by atoms with Crippen LogP contribution in [0.3, 0.4) is 0 Å². The Morgan fingerprint density at radius 3 is 2.52 bits per heavy atom. The lowest BCUT2D eigenvalue weighted by Gasteiger charge is -2.53. The predicted molar refractivity (Wildman–Crippen MR) is 178 cm³/mol. The average Bonchev–Trinajstić information content (AvgIpc) is 3.38. The van der Waals surface area contributed by atoms with Crippen LogP contribution < -0.4 is 20.7 Å². The van der Waals surface area contributed by atoms with E-state index in [1.807, 2.05) is 25.1 Å². The topological polar surface area (TPSA) is 132 Å². The third-order valence-electron chi connectivity index (χ3n) is 11.9. The predicted octanol–water partition coefficient (Wildman–Crippen LogP) is 4.45. The zero-order valence-electron chi connectivity index (χ0n) is 28.8. The van der Waals surface area contributed by atoms with Crippen molar-refractivity contribution in [2.24, 2.45) is 29.4 Å². The van der Waals surface area contributed by atoms with E-state index >= 15 is 0 Å². The summed E-state index contributed by atoms with van der Waals surface area (Å²) in [6.45, 7) is 9.72. The van der Waals surface area contributed by atoms with Crippen LogP contribution in [0.1, 0.15) is 74.0 Å². The molecule has 1 aromatic carbocycles. The maximum Gasteiger partial charge on any atom is 0.434 e. The van der Waals surface area contributed by atoms with Gasteiger partial charge in [-0.3, -0.25) is 14.5 Å². The fourth-order valence-corrected chi connectivity index (χ4v) is 9.49. The minimum atomic E-state index is -4.97. The third-order valence-corrected chi connectivity index (χ3v) is 11.9. The first-order valence-electron chi connectivity index (χ1n) is 17.9. The summed E-state index contributed by atoms with van der Waals surface area (Å²) in [5.74, 6) is -1.13. The van der Waals surface area contributed by atoms with E-state index in [1.54, 1.807) is 4.90 Å². The number of ether oxygens (including phenoxy) is 3. The van der Waals surface area contributed by atoms with E-state index in [4.69, 9.17) is 19.9 Å². The Hall–Kier alpha value is -3.49. The van der Waals surface area contributed by atoms with Crippen molar-refractivity contribution in [3.05, 3.63) is 41.2 Å². The molecule has 2 saturated carbocycles. The van der Waals surface area contributed by atoms with Crippen molar-refractivity contribution in [2.75, 3.05) is 64.1 Å². The second-order valence-corrected chi connectivity index (χ2v) is 15.1. The monoisotopic (exact) mass is 700 g/mol. The van der Waals surface area contributed by atoms with Gasteiger partial charge in [-0.1, -0.05) is 13.8 Å². The maximum absolute atomic E-state index is 14.8. The van der Waals surface area contributed by atoms with E-state index in [2.05, 4.69) is 27.1 Å². The number of alkyl halides is 3.